The Morgan fingerprint density at radius 2 is 1.84 bits per heavy atom. The molecule has 0 bridgehead atoms. The molecule has 106 valence electrons. The third-order valence-corrected chi connectivity index (χ3v) is 4.26. The highest BCUT2D eigenvalue weighted by molar-refractivity contribution is 5.22. The van der Waals surface area contributed by atoms with E-state index in [1.807, 2.05) is 7.05 Å². The molecule has 1 aliphatic heterocycles. The summed E-state index contributed by atoms with van der Waals surface area (Å²) in [4.78, 5) is 2.69. The molecule has 1 saturated heterocycles. The van der Waals surface area contributed by atoms with E-state index in [4.69, 9.17) is 0 Å². The predicted molar refractivity (Wildman–Crippen MR) is 82.2 cm³/mol. The van der Waals surface area contributed by atoms with Crippen molar-refractivity contribution in [2.24, 2.45) is 0 Å². The van der Waals surface area contributed by atoms with Gasteiger partial charge < -0.3 is 5.32 Å². The van der Waals surface area contributed by atoms with Crippen LogP contribution in [0, 0.1) is 0 Å². The van der Waals surface area contributed by atoms with Gasteiger partial charge in [-0.1, -0.05) is 44.0 Å². The second-order valence-electron chi connectivity index (χ2n) is 5.73. The quantitative estimate of drug-likeness (QED) is 0.871. The maximum absolute atomic E-state index is 3.20. The lowest BCUT2D eigenvalue weighted by molar-refractivity contribution is 0.186. The van der Waals surface area contributed by atoms with Crippen molar-refractivity contribution < 1.29 is 0 Å². The number of rotatable bonds is 5. The van der Waals surface area contributed by atoms with Crippen LogP contribution in [0.3, 0.4) is 0 Å². The van der Waals surface area contributed by atoms with E-state index in [0.29, 0.717) is 0 Å². The Morgan fingerprint density at radius 1 is 1.11 bits per heavy atom. The minimum absolute atomic E-state index is 0.791. The molecule has 1 aromatic rings. The third kappa shape index (κ3) is 4.32. The topological polar surface area (TPSA) is 15.3 Å². The molecule has 19 heavy (non-hydrogen) atoms. The van der Waals surface area contributed by atoms with Gasteiger partial charge in [-0.25, -0.2) is 0 Å². The molecule has 2 nitrogen and oxygen atoms in total. The number of nitrogens with zero attached hydrogens (tertiary/aromatic N) is 1. The average Bonchev–Trinajstić information content (AvgIpc) is 2.66. The molecule has 2 heteroatoms. The van der Waals surface area contributed by atoms with Crippen LogP contribution >= 0.6 is 0 Å². The normalized spacial score (nSPS) is 21.3. The molecule has 1 heterocycles. The van der Waals surface area contributed by atoms with E-state index < -0.39 is 0 Å². The standard InChI is InChI=1S/C17H28N2/c1-3-17-7-5-4-6-12-19(17)14-16-10-8-15(9-11-16)13-18-2/h8-11,17-18H,3-7,12-14H2,1-2H3. The molecule has 0 saturated carbocycles. The van der Waals surface area contributed by atoms with E-state index in [9.17, 15) is 0 Å². The lowest BCUT2D eigenvalue weighted by atomic mass is 10.1. The fraction of sp³-hybridized carbons (Fsp3) is 0.647. The van der Waals surface area contributed by atoms with E-state index in [1.54, 1.807) is 0 Å². The summed E-state index contributed by atoms with van der Waals surface area (Å²) < 4.78 is 0. The number of hydrogen-bond acceptors (Lipinski definition) is 2. The second-order valence-corrected chi connectivity index (χ2v) is 5.73. The molecule has 2 rings (SSSR count). The van der Waals surface area contributed by atoms with Crippen LogP contribution in [-0.4, -0.2) is 24.5 Å². The highest BCUT2D eigenvalue weighted by Crippen LogP contribution is 2.21. The minimum atomic E-state index is 0.791. The van der Waals surface area contributed by atoms with Crippen molar-refractivity contribution in [3.8, 4) is 0 Å². The van der Waals surface area contributed by atoms with Crippen molar-refractivity contribution in [1.29, 1.82) is 0 Å². The number of nitrogens with one attached hydrogen (secondary N) is 1. The first kappa shape index (κ1) is 14.5. The molecule has 0 aliphatic carbocycles. The van der Waals surface area contributed by atoms with Gasteiger partial charge in [0.05, 0.1) is 0 Å². The summed E-state index contributed by atoms with van der Waals surface area (Å²) in [5.74, 6) is 0. The Labute approximate surface area is 118 Å². The van der Waals surface area contributed by atoms with Crippen molar-refractivity contribution >= 4 is 0 Å². The maximum atomic E-state index is 3.20. The summed E-state index contributed by atoms with van der Waals surface area (Å²) in [5.41, 5.74) is 2.83. The van der Waals surface area contributed by atoms with E-state index in [0.717, 1.165) is 19.1 Å². The van der Waals surface area contributed by atoms with Gasteiger partial charge in [-0.2, -0.15) is 0 Å². The van der Waals surface area contributed by atoms with Crippen molar-refractivity contribution in [3.63, 3.8) is 0 Å². The zero-order valence-corrected chi connectivity index (χ0v) is 12.5. The van der Waals surface area contributed by atoms with E-state index in [1.165, 1.54) is 49.8 Å². The Hall–Kier alpha value is -0.860. The fourth-order valence-electron chi connectivity index (χ4n) is 3.11. The zero-order chi connectivity index (χ0) is 13.5. The van der Waals surface area contributed by atoms with Crippen LogP contribution in [0.1, 0.15) is 50.2 Å². The Kier molecular flexibility index (Phi) is 5.87. The molecular formula is C17H28N2. The smallest absolute Gasteiger partial charge is 0.0236 e. The van der Waals surface area contributed by atoms with Gasteiger partial charge in [-0.15, -0.1) is 0 Å². The first-order valence-electron chi connectivity index (χ1n) is 7.80. The van der Waals surface area contributed by atoms with Gasteiger partial charge in [-0.05, 0) is 44.0 Å². The summed E-state index contributed by atoms with van der Waals surface area (Å²) in [7, 11) is 2.00. The molecule has 1 fully saturated rings. The molecule has 1 atom stereocenters. The van der Waals surface area contributed by atoms with Crippen molar-refractivity contribution in [2.45, 2.75) is 58.2 Å². The van der Waals surface area contributed by atoms with Gasteiger partial charge in [0, 0.05) is 19.1 Å². The number of hydrogen-bond donors (Lipinski definition) is 1. The lowest BCUT2D eigenvalue weighted by Gasteiger charge is -2.29. The van der Waals surface area contributed by atoms with Crippen molar-refractivity contribution in [1.82, 2.24) is 10.2 Å². The molecule has 1 aromatic carbocycles. The molecule has 1 N–H and O–H groups in total. The molecular weight excluding hydrogens is 232 g/mol. The van der Waals surface area contributed by atoms with Gasteiger partial charge in [0.2, 0.25) is 0 Å². The van der Waals surface area contributed by atoms with Gasteiger partial charge in [-0.3, -0.25) is 4.90 Å². The van der Waals surface area contributed by atoms with Crippen LogP contribution in [0.2, 0.25) is 0 Å². The largest absolute Gasteiger partial charge is 0.316 e. The first-order chi connectivity index (χ1) is 9.33. The summed E-state index contributed by atoms with van der Waals surface area (Å²) >= 11 is 0. The highest BCUT2D eigenvalue weighted by Gasteiger charge is 2.19. The molecule has 0 radical (unpaired) electrons. The monoisotopic (exact) mass is 260 g/mol. The Morgan fingerprint density at radius 3 is 2.53 bits per heavy atom. The van der Waals surface area contributed by atoms with Gasteiger partial charge in [0.15, 0.2) is 0 Å². The summed E-state index contributed by atoms with van der Waals surface area (Å²) in [6.45, 7) is 5.69. The van der Waals surface area contributed by atoms with Crippen LogP contribution < -0.4 is 5.32 Å². The van der Waals surface area contributed by atoms with Crippen LogP contribution in [0.4, 0.5) is 0 Å². The fourth-order valence-corrected chi connectivity index (χ4v) is 3.11. The highest BCUT2D eigenvalue weighted by atomic mass is 15.2. The minimum Gasteiger partial charge on any atom is -0.316 e. The summed E-state index contributed by atoms with van der Waals surface area (Å²) in [5, 5.41) is 3.20. The molecule has 0 aromatic heterocycles. The van der Waals surface area contributed by atoms with Crippen LogP contribution in [0.15, 0.2) is 24.3 Å². The van der Waals surface area contributed by atoms with Crippen LogP contribution in [0.5, 0.6) is 0 Å². The van der Waals surface area contributed by atoms with Gasteiger partial charge in [0.1, 0.15) is 0 Å². The summed E-state index contributed by atoms with van der Waals surface area (Å²) in [6.07, 6.45) is 6.87. The predicted octanol–water partition coefficient (Wildman–Crippen LogP) is 3.56. The van der Waals surface area contributed by atoms with E-state index in [-0.39, 0.29) is 0 Å². The molecule has 1 aliphatic rings. The molecule has 1 unspecified atom stereocenters. The van der Waals surface area contributed by atoms with Crippen molar-refractivity contribution in [2.75, 3.05) is 13.6 Å². The van der Waals surface area contributed by atoms with Crippen LogP contribution in [0.25, 0.3) is 0 Å². The van der Waals surface area contributed by atoms with Crippen LogP contribution in [-0.2, 0) is 13.1 Å². The molecule has 0 spiro atoms. The SMILES string of the molecule is CCC1CCCCCN1Cc1ccc(CNC)cc1. The van der Waals surface area contributed by atoms with Gasteiger partial charge in [0.25, 0.3) is 0 Å². The van der Waals surface area contributed by atoms with E-state index >= 15 is 0 Å². The lowest BCUT2D eigenvalue weighted by Crippen LogP contribution is -2.33. The summed E-state index contributed by atoms with van der Waals surface area (Å²) in [6, 6.07) is 9.89. The van der Waals surface area contributed by atoms with Crippen molar-refractivity contribution in [3.05, 3.63) is 35.4 Å². The zero-order valence-electron chi connectivity index (χ0n) is 12.5. The van der Waals surface area contributed by atoms with Gasteiger partial charge >= 0.3 is 0 Å². The number of likely N-dealkylation sites (tertiary alicyclic amines) is 1. The number of benzene rings is 1. The second kappa shape index (κ2) is 7.66. The Balaban J connectivity index is 1.97. The van der Waals surface area contributed by atoms with E-state index in [2.05, 4.69) is 41.4 Å². The Bertz CT molecular complexity index is 358. The molecule has 0 amide bonds. The third-order valence-electron chi connectivity index (χ3n) is 4.26. The first-order valence-corrected chi connectivity index (χ1v) is 7.80. The average molecular weight is 260 g/mol. The maximum Gasteiger partial charge on any atom is 0.0236 e.